The number of aryl methyl sites for hydroxylation is 2. The lowest BCUT2D eigenvalue weighted by atomic mass is 10.00. The van der Waals surface area contributed by atoms with Gasteiger partial charge in [0.05, 0.1) is 6.20 Å². The van der Waals surface area contributed by atoms with E-state index in [2.05, 4.69) is 31.2 Å². The number of hydrogen-bond acceptors (Lipinski definition) is 4. The second-order valence-corrected chi connectivity index (χ2v) is 8.25. The zero-order valence-corrected chi connectivity index (χ0v) is 19.2. The highest BCUT2D eigenvalue weighted by molar-refractivity contribution is 5.94. The van der Waals surface area contributed by atoms with Crippen molar-refractivity contribution in [1.29, 1.82) is 0 Å². The maximum atomic E-state index is 12.7. The number of fused-ring (bicyclic) bond motifs is 1. The third-order valence-corrected chi connectivity index (χ3v) is 5.70. The molecule has 0 aliphatic heterocycles. The number of aromatic nitrogens is 3. The molecule has 0 unspecified atom stereocenters. The molecule has 0 spiro atoms. The summed E-state index contributed by atoms with van der Waals surface area (Å²) in [5.74, 6) is -0.0432. The van der Waals surface area contributed by atoms with Gasteiger partial charge < -0.3 is 10.2 Å². The topological polar surface area (TPSA) is 80.1 Å². The lowest BCUT2D eigenvalue weighted by Crippen LogP contribution is -2.26. The summed E-state index contributed by atoms with van der Waals surface area (Å²) >= 11 is 0. The van der Waals surface area contributed by atoms with Crippen LogP contribution in [0.5, 0.6) is 0 Å². The van der Waals surface area contributed by atoms with Gasteiger partial charge in [-0.2, -0.15) is 5.10 Å². The molecule has 164 valence electrons. The fourth-order valence-corrected chi connectivity index (χ4v) is 3.83. The lowest BCUT2D eigenvalue weighted by Gasteiger charge is -2.18. The molecule has 0 aliphatic rings. The van der Waals surface area contributed by atoms with E-state index in [-0.39, 0.29) is 17.9 Å². The van der Waals surface area contributed by atoms with Crippen LogP contribution >= 0.6 is 0 Å². The monoisotopic (exact) mass is 421 g/mol. The van der Waals surface area contributed by atoms with E-state index in [9.17, 15) is 9.59 Å². The molecule has 0 bridgehead atoms. The number of carbonyl (C=O) groups excluding carboxylic acids is 2. The smallest absolute Gasteiger partial charge is 0.251 e. The van der Waals surface area contributed by atoms with E-state index in [4.69, 9.17) is 4.98 Å². The second kappa shape index (κ2) is 9.29. The van der Waals surface area contributed by atoms with E-state index >= 15 is 0 Å². The highest BCUT2D eigenvalue weighted by atomic mass is 16.2. The zero-order valence-electron chi connectivity index (χ0n) is 19.2. The Kier molecular flexibility index (Phi) is 6.73. The van der Waals surface area contributed by atoms with Crippen LogP contribution in [0.1, 0.15) is 59.1 Å². The molecule has 3 rings (SSSR count). The van der Waals surface area contributed by atoms with E-state index < -0.39 is 0 Å². The number of pyridine rings is 1. The molecule has 0 radical (unpaired) electrons. The predicted molar refractivity (Wildman–Crippen MR) is 122 cm³/mol. The van der Waals surface area contributed by atoms with Crippen molar-refractivity contribution in [2.45, 2.75) is 53.1 Å². The summed E-state index contributed by atoms with van der Waals surface area (Å²) in [6, 6.07) is 7.56. The number of carbonyl (C=O) groups is 2. The van der Waals surface area contributed by atoms with Gasteiger partial charge in [0.2, 0.25) is 5.91 Å². The van der Waals surface area contributed by atoms with Gasteiger partial charge in [0, 0.05) is 49.7 Å². The van der Waals surface area contributed by atoms with Crippen molar-refractivity contribution in [3.63, 3.8) is 0 Å². The first-order valence-electron chi connectivity index (χ1n) is 10.6. The molecule has 7 heteroatoms. The molecule has 2 aromatic heterocycles. The zero-order chi connectivity index (χ0) is 22.7. The molecule has 31 heavy (non-hydrogen) atoms. The Morgan fingerprint density at radius 2 is 1.84 bits per heavy atom. The van der Waals surface area contributed by atoms with Gasteiger partial charge in [-0.15, -0.1) is 0 Å². The van der Waals surface area contributed by atoms with Crippen LogP contribution in [0.3, 0.4) is 0 Å². The number of nitrogens with one attached hydrogen (secondary N) is 1. The Labute approximate surface area is 183 Å². The average Bonchev–Trinajstić information content (AvgIpc) is 3.17. The Bertz CT molecular complexity index is 1100. The summed E-state index contributed by atoms with van der Waals surface area (Å²) in [4.78, 5) is 30.9. The van der Waals surface area contributed by atoms with Gasteiger partial charge in [-0.3, -0.25) is 9.59 Å². The fraction of sp³-hybridized carbons (Fsp3) is 0.417. The molecule has 0 saturated heterocycles. The highest BCUT2D eigenvalue weighted by Crippen LogP contribution is 2.25. The van der Waals surface area contributed by atoms with Crippen molar-refractivity contribution in [2.24, 2.45) is 0 Å². The van der Waals surface area contributed by atoms with E-state index in [0.29, 0.717) is 24.9 Å². The van der Waals surface area contributed by atoms with Gasteiger partial charge in [0.25, 0.3) is 5.91 Å². The third kappa shape index (κ3) is 4.76. The van der Waals surface area contributed by atoms with Crippen molar-refractivity contribution in [3.8, 4) is 0 Å². The van der Waals surface area contributed by atoms with E-state index in [0.717, 1.165) is 33.4 Å². The van der Waals surface area contributed by atoms with Crippen LogP contribution in [0.4, 0.5) is 0 Å². The largest absolute Gasteiger partial charge is 0.355 e. The summed E-state index contributed by atoms with van der Waals surface area (Å²) in [5, 5.41) is 8.14. The predicted octanol–water partition coefficient (Wildman–Crippen LogP) is 3.58. The first kappa shape index (κ1) is 22.5. The second-order valence-electron chi connectivity index (χ2n) is 8.25. The van der Waals surface area contributed by atoms with Gasteiger partial charge in [-0.1, -0.05) is 12.1 Å². The number of hydrogen-bond donors (Lipinski definition) is 1. The highest BCUT2D eigenvalue weighted by Gasteiger charge is 2.17. The van der Waals surface area contributed by atoms with Crippen LogP contribution < -0.4 is 5.32 Å². The van der Waals surface area contributed by atoms with E-state index in [1.807, 2.05) is 37.0 Å². The van der Waals surface area contributed by atoms with E-state index in [1.54, 1.807) is 24.1 Å². The van der Waals surface area contributed by atoms with Gasteiger partial charge in [0.15, 0.2) is 5.65 Å². The van der Waals surface area contributed by atoms with Crippen molar-refractivity contribution in [1.82, 2.24) is 25.0 Å². The summed E-state index contributed by atoms with van der Waals surface area (Å²) in [7, 11) is 3.42. The summed E-state index contributed by atoms with van der Waals surface area (Å²) in [6.45, 7) is 8.77. The molecule has 1 N–H and O–H groups in total. The van der Waals surface area contributed by atoms with Crippen LogP contribution in [-0.4, -0.2) is 45.6 Å². The molecule has 2 heterocycles. The first-order valence-corrected chi connectivity index (χ1v) is 10.6. The molecule has 0 atom stereocenters. The van der Waals surface area contributed by atoms with Crippen molar-refractivity contribution in [3.05, 3.63) is 58.4 Å². The van der Waals surface area contributed by atoms with Gasteiger partial charge in [0.1, 0.15) is 0 Å². The third-order valence-electron chi connectivity index (χ3n) is 5.70. The number of amides is 2. The summed E-state index contributed by atoms with van der Waals surface area (Å²) in [5.41, 5.74) is 5.71. The van der Waals surface area contributed by atoms with Crippen LogP contribution in [0.15, 0.2) is 30.5 Å². The van der Waals surface area contributed by atoms with Crippen molar-refractivity contribution in [2.75, 3.05) is 14.1 Å². The minimum atomic E-state index is -0.119. The van der Waals surface area contributed by atoms with Gasteiger partial charge in [-0.05, 0) is 62.9 Å². The maximum absolute atomic E-state index is 12.7. The first-order chi connectivity index (χ1) is 14.7. The normalized spacial score (nSPS) is 11.2. The summed E-state index contributed by atoms with van der Waals surface area (Å²) < 4.78 is 1.94. The minimum Gasteiger partial charge on any atom is -0.355 e. The lowest BCUT2D eigenvalue weighted by molar-refractivity contribution is -0.130. The molecular weight excluding hydrogens is 390 g/mol. The standard InChI is InChI=1S/C24H31N5O2/c1-15(2)29-23-21(13-26-29)16(3)20(17(4)27-23)11-12-22(30)28(6)14-18-7-9-19(10-8-18)24(31)25-5/h7-10,13,15H,11-12,14H2,1-6H3,(H,25,31). The molecule has 0 saturated carbocycles. The number of nitrogens with zero attached hydrogens (tertiary/aromatic N) is 4. The van der Waals surface area contributed by atoms with Crippen LogP contribution in [0.25, 0.3) is 11.0 Å². The molecule has 2 amide bonds. The Hall–Kier alpha value is -3.22. The summed E-state index contributed by atoms with van der Waals surface area (Å²) in [6.07, 6.45) is 2.93. The average molecular weight is 422 g/mol. The Morgan fingerprint density at radius 3 is 2.45 bits per heavy atom. The number of benzene rings is 1. The van der Waals surface area contributed by atoms with Crippen LogP contribution in [0, 0.1) is 13.8 Å². The molecule has 7 nitrogen and oxygen atoms in total. The molecule has 3 aromatic rings. The molecular formula is C24H31N5O2. The van der Waals surface area contributed by atoms with Gasteiger partial charge >= 0.3 is 0 Å². The Morgan fingerprint density at radius 1 is 1.16 bits per heavy atom. The molecule has 0 aliphatic carbocycles. The quantitative estimate of drug-likeness (QED) is 0.632. The van der Waals surface area contributed by atoms with Crippen LogP contribution in [0.2, 0.25) is 0 Å². The van der Waals surface area contributed by atoms with Crippen molar-refractivity contribution >= 4 is 22.8 Å². The maximum Gasteiger partial charge on any atom is 0.251 e. The Balaban J connectivity index is 1.67. The minimum absolute atomic E-state index is 0.0761. The molecule has 1 aromatic carbocycles. The number of rotatable bonds is 7. The van der Waals surface area contributed by atoms with Gasteiger partial charge in [-0.25, -0.2) is 9.67 Å². The van der Waals surface area contributed by atoms with E-state index in [1.165, 1.54) is 0 Å². The van der Waals surface area contributed by atoms with Crippen LogP contribution in [-0.2, 0) is 17.8 Å². The SMILES string of the molecule is CNC(=O)c1ccc(CN(C)C(=O)CCc2c(C)nc3c(cnn3C(C)C)c2C)cc1. The van der Waals surface area contributed by atoms with Crippen molar-refractivity contribution < 1.29 is 9.59 Å². The molecule has 0 fully saturated rings. The fourth-order valence-electron chi connectivity index (χ4n) is 3.83.